The van der Waals surface area contributed by atoms with E-state index in [1.165, 1.54) is 23.0 Å². The number of Topliss-reactive ketones (excluding diaryl/α,β-unsaturated/α-hetero) is 1. The lowest BCUT2D eigenvalue weighted by Gasteiger charge is -2.29. The zero-order chi connectivity index (χ0) is 30.9. The number of benzene rings is 1. The van der Waals surface area contributed by atoms with Crippen LogP contribution < -0.4 is 5.32 Å². The van der Waals surface area contributed by atoms with Crippen LogP contribution in [-0.4, -0.2) is 77.7 Å². The van der Waals surface area contributed by atoms with Gasteiger partial charge in [0.05, 0.1) is 10.7 Å². The molecule has 4 heterocycles. The molecule has 11 nitrogen and oxygen atoms in total. The van der Waals surface area contributed by atoms with E-state index in [2.05, 4.69) is 35.7 Å². The molecule has 5 rings (SSSR count). The number of nitrogens with one attached hydrogen (secondary N) is 1. The first kappa shape index (κ1) is 30.6. The second-order valence-corrected chi connectivity index (χ2v) is 11.1. The molecule has 1 fully saturated rings. The van der Waals surface area contributed by atoms with Gasteiger partial charge in [-0.2, -0.15) is 23.1 Å². The molecule has 0 spiro atoms. The number of tetrazole rings is 1. The van der Waals surface area contributed by atoms with Gasteiger partial charge in [0.1, 0.15) is 12.2 Å². The summed E-state index contributed by atoms with van der Waals surface area (Å²) in [4.78, 5) is 34.4. The summed E-state index contributed by atoms with van der Waals surface area (Å²) in [6, 6.07) is 7.75. The first-order valence-electron chi connectivity index (χ1n) is 13.3. The van der Waals surface area contributed by atoms with Crippen molar-refractivity contribution >= 4 is 34.9 Å². The van der Waals surface area contributed by atoms with Gasteiger partial charge in [0.2, 0.25) is 0 Å². The summed E-state index contributed by atoms with van der Waals surface area (Å²) in [5.74, 6) is -2.04. The second-order valence-electron chi connectivity index (χ2n) is 10.3. The topological polar surface area (TPSA) is 124 Å². The van der Waals surface area contributed by atoms with Crippen molar-refractivity contribution in [3.63, 3.8) is 0 Å². The number of nitrogens with zero attached hydrogens (tertiary/aromatic N) is 8. The Morgan fingerprint density at radius 2 is 1.86 bits per heavy atom. The summed E-state index contributed by atoms with van der Waals surface area (Å²) in [5.41, 5.74) is 1.61. The van der Waals surface area contributed by atoms with Crippen LogP contribution in [0.2, 0.25) is 10.0 Å². The lowest BCUT2D eigenvalue weighted by molar-refractivity contribution is -0.145. The van der Waals surface area contributed by atoms with Gasteiger partial charge in [-0.05, 0) is 86.6 Å². The van der Waals surface area contributed by atoms with Gasteiger partial charge in [0, 0.05) is 29.2 Å². The molecule has 3 aromatic heterocycles. The Hall–Kier alpha value is -3.88. The number of ketones is 1. The van der Waals surface area contributed by atoms with Crippen LogP contribution in [0.1, 0.15) is 56.3 Å². The van der Waals surface area contributed by atoms with E-state index < -0.39 is 17.8 Å². The zero-order valence-corrected chi connectivity index (χ0v) is 24.6. The highest BCUT2D eigenvalue weighted by Crippen LogP contribution is 2.27. The fourth-order valence-electron chi connectivity index (χ4n) is 4.85. The summed E-state index contributed by atoms with van der Waals surface area (Å²) in [6.07, 6.45) is -1.91. The van der Waals surface area contributed by atoms with Crippen molar-refractivity contribution in [1.29, 1.82) is 0 Å². The normalized spacial score (nSPS) is 14.7. The minimum Gasteiger partial charge on any atom is -0.349 e. The highest BCUT2D eigenvalue weighted by Gasteiger charge is 2.37. The average molecular weight is 636 g/mol. The molecule has 43 heavy (non-hydrogen) atoms. The maximum absolute atomic E-state index is 13.9. The molecular formula is C27H26Cl2F3N9O2. The predicted octanol–water partition coefficient (Wildman–Crippen LogP) is 4.19. The molecule has 1 aliphatic rings. The monoisotopic (exact) mass is 635 g/mol. The lowest BCUT2D eigenvalue weighted by Crippen LogP contribution is -2.43. The quantitative estimate of drug-likeness (QED) is 0.286. The molecule has 0 radical (unpaired) electrons. The van der Waals surface area contributed by atoms with Crippen LogP contribution in [0.4, 0.5) is 13.2 Å². The zero-order valence-electron chi connectivity index (χ0n) is 23.1. The standard InChI is InChI=1S/C27H26Cl2F3N9O2/c1-15-10-16(28)11-20(25(43)34-17-5-8-39(2)9-6-17)19(15)13-23(42)22-12-18(14-40-37-26(35-38-40)27(30,31)32)36-41(22)24-21(29)4-3-7-33-24/h3-4,7,10-12,17H,5-6,8-9,13-14H2,1-2H3,(H,34,43). The van der Waals surface area contributed by atoms with Crippen molar-refractivity contribution < 1.29 is 22.8 Å². The molecule has 4 aromatic rings. The Morgan fingerprint density at radius 3 is 2.53 bits per heavy atom. The fraction of sp³-hybridized carbons (Fsp3) is 0.370. The van der Waals surface area contributed by atoms with E-state index in [1.54, 1.807) is 25.1 Å². The number of hydrogen-bond acceptors (Lipinski definition) is 8. The van der Waals surface area contributed by atoms with Crippen molar-refractivity contribution in [2.24, 2.45) is 0 Å². The van der Waals surface area contributed by atoms with Crippen molar-refractivity contribution in [2.45, 2.75) is 44.9 Å². The molecule has 0 aliphatic carbocycles. The largest absolute Gasteiger partial charge is 0.455 e. The minimum atomic E-state index is -4.77. The van der Waals surface area contributed by atoms with Crippen LogP contribution in [0.25, 0.3) is 5.82 Å². The maximum atomic E-state index is 13.9. The number of pyridine rings is 1. The summed E-state index contributed by atoms with van der Waals surface area (Å²) >= 11 is 12.7. The highest BCUT2D eigenvalue weighted by molar-refractivity contribution is 6.32. The van der Waals surface area contributed by atoms with E-state index in [0.717, 1.165) is 30.7 Å². The van der Waals surface area contributed by atoms with Crippen molar-refractivity contribution in [3.8, 4) is 5.82 Å². The van der Waals surface area contributed by atoms with E-state index in [-0.39, 0.29) is 52.7 Å². The molecule has 226 valence electrons. The summed E-state index contributed by atoms with van der Waals surface area (Å²) in [5, 5.41) is 17.8. The minimum absolute atomic E-state index is 0.00918. The molecule has 1 aliphatic heterocycles. The SMILES string of the molecule is Cc1cc(Cl)cc(C(=O)NC2CCN(C)CC2)c1CC(=O)c1cc(Cn2nnc(C(F)(F)F)n2)nn1-c1ncccc1Cl. The Kier molecular flexibility index (Phi) is 8.81. The highest BCUT2D eigenvalue weighted by atomic mass is 35.5. The number of aromatic nitrogens is 7. The van der Waals surface area contributed by atoms with E-state index in [9.17, 15) is 22.8 Å². The van der Waals surface area contributed by atoms with Gasteiger partial charge in [0.25, 0.3) is 11.7 Å². The number of amides is 1. The number of alkyl halides is 3. The number of piperidine rings is 1. The summed E-state index contributed by atoms with van der Waals surface area (Å²) < 4.78 is 40.1. The first-order chi connectivity index (χ1) is 20.4. The van der Waals surface area contributed by atoms with Gasteiger partial charge in [-0.1, -0.05) is 23.2 Å². The third-order valence-electron chi connectivity index (χ3n) is 7.07. The van der Waals surface area contributed by atoms with E-state index in [0.29, 0.717) is 16.1 Å². The third-order valence-corrected chi connectivity index (χ3v) is 7.58. The van der Waals surface area contributed by atoms with Crippen LogP contribution in [0, 0.1) is 6.92 Å². The Bertz CT molecular complexity index is 1660. The van der Waals surface area contributed by atoms with Crippen LogP contribution in [0.3, 0.4) is 0 Å². The number of carbonyl (C=O) groups is 2. The summed E-state index contributed by atoms with van der Waals surface area (Å²) in [7, 11) is 2.03. The molecule has 0 saturated carbocycles. The fourth-order valence-corrected chi connectivity index (χ4v) is 5.32. The van der Waals surface area contributed by atoms with Crippen LogP contribution in [0.5, 0.6) is 0 Å². The second kappa shape index (κ2) is 12.4. The molecule has 1 saturated heterocycles. The molecule has 0 atom stereocenters. The van der Waals surface area contributed by atoms with Crippen LogP contribution in [0.15, 0.2) is 36.5 Å². The first-order valence-corrected chi connectivity index (χ1v) is 14.0. The molecule has 1 N–H and O–H groups in total. The average Bonchev–Trinajstić information content (AvgIpc) is 3.59. The predicted molar refractivity (Wildman–Crippen MR) is 150 cm³/mol. The Labute approximate surface area is 254 Å². The molecule has 0 bridgehead atoms. The van der Waals surface area contributed by atoms with Crippen molar-refractivity contribution in [2.75, 3.05) is 20.1 Å². The van der Waals surface area contributed by atoms with Gasteiger partial charge >= 0.3 is 6.18 Å². The van der Waals surface area contributed by atoms with Gasteiger partial charge < -0.3 is 10.2 Å². The number of likely N-dealkylation sites (tertiary alicyclic amines) is 1. The van der Waals surface area contributed by atoms with Crippen LogP contribution >= 0.6 is 23.2 Å². The lowest BCUT2D eigenvalue weighted by atomic mass is 9.95. The smallest absolute Gasteiger partial charge is 0.349 e. The maximum Gasteiger partial charge on any atom is 0.455 e. The molecule has 16 heteroatoms. The molecular weight excluding hydrogens is 610 g/mol. The van der Waals surface area contributed by atoms with Gasteiger partial charge in [0.15, 0.2) is 11.6 Å². The number of carbonyl (C=O) groups excluding carboxylic acids is 2. The van der Waals surface area contributed by atoms with E-state index >= 15 is 0 Å². The van der Waals surface area contributed by atoms with Gasteiger partial charge in [-0.3, -0.25) is 9.59 Å². The van der Waals surface area contributed by atoms with Gasteiger partial charge in [-0.25, -0.2) is 9.67 Å². The Balaban J connectivity index is 1.47. The van der Waals surface area contributed by atoms with Gasteiger partial charge in [-0.15, -0.1) is 10.2 Å². The number of halogens is 5. The molecule has 1 amide bonds. The van der Waals surface area contributed by atoms with Crippen molar-refractivity contribution in [3.05, 3.63) is 80.5 Å². The van der Waals surface area contributed by atoms with Crippen molar-refractivity contribution in [1.82, 2.24) is 45.2 Å². The molecule has 0 unspecified atom stereocenters. The number of rotatable bonds is 8. The summed E-state index contributed by atoms with van der Waals surface area (Å²) in [6.45, 7) is 3.16. The Morgan fingerprint density at radius 1 is 1.12 bits per heavy atom. The third kappa shape index (κ3) is 7.03. The van der Waals surface area contributed by atoms with E-state index in [1.807, 2.05) is 7.05 Å². The van der Waals surface area contributed by atoms with E-state index in [4.69, 9.17) is 23.2 Å². The molecule has 1 aromatic carbocycles. The number of hydrogen-bond donors (Lipinski definition) is 1. The number of aryl methyl sites for hydroxylation is 1. The van der Waals surface area contributed by atoms with Crippen LogP contribution in [-0.2, 0) is 19.1 Å².